The summed E-state index contributed by atoms with van der Waals surface area (Å²) in [5.74, 6) is 0. The summed E-state index contributed by atoms with van der Waals surface area (Å²) in [5.41, 5.74) is -2.73. The van der Waals surface area contributed by atoms with Crippen LogP contribution in [0.4, 0.5) is 13.2 Å². The first-order valence-electron chi connectivity index (χ1n) is 19.2. The van der Waals surface area contributed by atoms with Gasteiger partial charge >= 0.3 is 5.51 Å². The predicted molar refractivity (Wildman–Crippen MR) is 219 cm³/mol. The highest BCUT2D eigenvalue weighted by Crippen LogP contribution is 2.36. The molecule has 0 aliphatic carbocycles. The molecule has 0 bridgehead atoms. The van der Waals surface area contributed by atoms with Gasteiger partial charge in [-0.2, -0.15) is 13.2 Å². The van der Waals surface area contributed by atoms with Gasteiger partial charge in [0.25, 0.3) is 0 Å². The Kier molecular flexibility index (Phi) is 61.7. The van der Waals surface area contributed by atoms with Crippen molar-refractivity contribution < 1.29 is 17.9 Å². The van der Waals surface area contributed by atoms with E-state index in [-0.39, 0.29) is 16.7 Å². The van der Waals surface area contributed by atoms with Crippen molar-refractivity contribution in [2.45, 2.75) is 133 Å². The molecular formula is C41H82F3N3OS. The number of benzene rings is 2. The Hall–Kier alpha value is -1.58. The number of ether oxygens (including phenoxy) is 1. The van der Waals surface area contributed by atoms with E-state index in [0.717, 1.165) is 19.8 Å². The molecule has 4 nitrogen and oxygen atoms in total. The Morgan fingerprint density at radius 2 is 0.898 bits per heavy atom. The molecule has 2 saturated heterocycles. The van der Waals surface area contributed by atoms with Crippen LogP contribution in [0.15, 0.2) is 65.6 Å². The Morgan fingerprint density at radius 3 is 1.20 bits per heavy atom. The van der Waals surface area contributed by atoms with Crippen molar-refractivity contribution in [3.8, 4) is 0 Å². The van der Waals surface area contributed by atoms with E-state index in [1.54, 1.807) is 18.2 Å². The lowest BCUT2D eigenvalue weighted by Gasteiger charge is -2.28. The topological polar surface area (TPSA) is 19.0 Å². The quantitative estimate of drug-likeness (QED) is 0.285. The predicted octanol–water partition coefficient (Wildman–Crippen LogP) is 13.0. The molecule has 0 spiro atoms. The number of piperidine rings is 1. The molecule has 2 aliphatic rings. The highest BCUT2D eigenvalue weighted by atomic mass is 32.2. The maximum absolute atomic E-state index is 11.7. The van der Waals surface area contributed by atoms with E-state index in [4.69, 9.17) is 4.74 Å². The van der Waals surface area contributed by atoms with Crippen LogP contribution in [-0.2, 0) is 11.3 Å². The molecule has 0 amide bonds. The fourth-order valence-corrected chi connectivity index (χ4v) is 4.25. The molecule has 2 aromatic carbocycles. The number of hydrogen-bond donors (Lipinski definition) is 0. The molecule has 0 N–H and O–H groups in total. The van der Waals surface area contributed by atoms with E-state index in [1.165, 1.54) is 76.2 Å². The minimum atomic E-state index is -4.18. The van der Waals surface area contributed by atoms with Gasteiger partial charge in [0, 0.05) is 50.8 Å². The molecule has 0 aromatic heterocycles. The van der Waals surface area contributed by atoms with Crippen LogP contribution in [0.2, 0.25) is 0 Å². The average molecular weight is 722 g/mol. The van der Waals surface area contributed by atoms with E-state index in [2.05, 4.69) is 59.1 Å². The van der Waals surface area contributed by atoms with Gasteiger partial charge in [-0.15, -0.1) is 0 Å². The van der Waals surface area contributed by atoms with Gasteiger partial charge in [0.05, 0.1) is 0 Å². The van der Waals surface area contributed by atoms with Gasteiger partial charge in [-0.05, 0) is 83.3 Å². The number of hydrogen-bond acceptors (Lipinski definition) is 5. The Bertz CT molecular complexity index is 759. The second kappa shape index (κ2) is 50.8. The monoisotopic (exact) mass is 722 g/mol. The Balaban J connectivity index is -0.000000117. The lowest BCUT2D eigenvalue weighted by Crippen LogP contribution is -2.42. The molecule has 4 rings (SSSR count). The van der Waals surface area contributed by atoms with Crippen molar-refractivity contribution in [1.29, 1.82) is 0 Å². The SMILES string of the molecule is CC.CC.CC.CC.CC.CC.CCOCC.CN1CCN(C)CC1.FC(F)(F)Sc1ccccc1.c1ccc(CN2CCCCC2)cc1. The molecule has 0 unspecified atom stereocenters. The van der Waals surface area contributed by atoms with Crippen LogP contribution < -0.4 is 0 Å². The first kappa shape index (κ1) is 59.6. The lowest BCUT2D eigenvalue weighted by molar-refractivity contribution is -0.0328. The number of halogens is 3. The third-order valence-electron chi connectivity index (χ3n) is 5.81. The summed E-state index contributed by atoms with van der Waals surface area (Å²) in [6.07, 6.45) is 4.19. The molecular weight excluding hydrogens is 640 g/mol. The number of rotatable bonds is 5. The molecule has 2 aromatic rings. The maximum atomic E-state index is 11.7. The number of thioether (sulfide) groups is 1. The van der Waals surface area contributed by atoms with Gasteiger partial charge < -0.3 is 14.5 Å². The van der Waals surface area contributed by atoms with Crippen LogP contribution in [0.25, 0.3) is 0 Å². The molecule has 49 heavy (non-hydrogen) atoms. The van der Waals surface area contributed by atoms with Crippen molar-refractivity contribution in [2.75, 3.05) is 66.6 Å². The molecule has 0 atom stereocenters. The number of likely N-dealkylation sites (N-methyl/N-ethyl adjacent to an activating group) is 2. The van der Waals surface area contributed by atoms with Crippen molar-refractivity contribution in [3.63, 3.8) is 0 Å². The van der Waals surface area contributed by atoms with Crippen molar-refractivity contribution in [1.82, 2.24) is 14.7 Å². The van der Waals surface area contributed by atoms with Crippen molar-refractivity contribution in [3.05, 3.63) is 66.2 Å². The number of alkyl halides is 3. The zero-order chi connectivity index (χ0) is 39.4. The third-order valence-corrected chi connectivity index (χ3v) is 6.55. The van der Waals surface area contributed by atoms with E-state index in [9.17, 15) is 13.2 Å². The highest BCUT2D eigenvalue weighted by molar-refractivity contribution is 8.00. The molecule has 294 valence electrons. The van der Waals surface area contributed by atoms with Crippen molar-refractivity contribution >= 4 is 11.8 Å². The van der Waals surface area contributed by atoms with E-state index in [0.29, 0.717) is 0 Å². The van der Waals surface area contributed by atoms with Crippen LogP contribution in [0, 0.1) is 0 Å². The molecule has 0 saturated carbocycles. The number of nitrogens with zero attached hydrogens (tertiary/aromatic N) is 3. The summed E-state index contributed by atoms with van der Waals surface area (Å²) >= 11 is -0.0993. The smallest absolute Gasteiger partial charge is 0.382 e. The summed E-state index contributed by atoms with van der Waals surface area (Å²) in [5, 5.41) is 0. The van der Waals surface area contributed by atoms with E-state index < -0.39 is 5.51 Å². The number of likely N-dealkylation sites (tertiary alicyclic amines) is 1. The second-order valence-corrected chi connectivity index (χ2v) is 10.2. The molecule has 2 aliphatic heterocycles. The van der Waals surface area contributed by atoms with Gasteiger partial charge in [-0.3, -0.25) is 4.90 Å². The largest absolute Gasteiger partial charge is 0.446 e. The van der Waals surface area contributed by atoms with Gasteiger partial charge in [0.15, 0.2) is 0 Å². The molecule has 8 heteroatoms. The Labute approximate surface area is 309 Å². The first-order chi connectivity index (χ1) is 23.7. The standard InChI is InChI=1S/C12H17N.C7H5F3S.C6H14N2.C4H10O.6C2H6/c1-3-7-12(8-4-1)11-13-9-5-2-6-10-13;8-7(9,10)11-6-4-2-1-3-5-6;1-7-3-5-8(2)6-4-7;1-3-5-4-2;6*1-2/h1,3-4,7-8H,2,5-6,9-11H2;1-5H;3-6H2,1-2H3;3-4H2,1-2H3;6*1-2H3. The van der Waals surface area contributed by atoms with E-state index >= 15 is 0 Å². The van der Waals surface area contributed by atoms with Gasteiger partial charge in [-0.1, -0.05) is 138 Å². The maximum Gasteiger partial charge on any atom is 0.446 e. The fourth-order valence-electron chi connectivity index (χ4n) is 3.69. The zero-order valence-corrected chi connectivity index (χ0v) is 35.9. The van der Waals surface area contributed by atoms with Gasteiger partial charge in [0.2, 0.25) is 0 Å². The lowest BCUT2D eigenvalue weighted by atomic mass is 10.1. The van der Waals surface area contributed by atoms with Crippen LogP contribution in [0.3, 0.4) is 0 Å². The summed E-state index contributed by atoms with van der Waals surface area (Å²) in [6.45, 7) is 38.3. The summed E-state index contributed by atoms with van der Waals surface area (Å²) in [7, 11) is 4.35. The minimum Gasteiger partial charge on any atom is -0.382 e. The summed E-state index contributed by atoms with van der Waals surface area (Å²) in [6, 6.07) is 18.5. The molecule has 2 heterocycles. The van der Waals surface area contributed by atoms with E-state index in [1.807, 2.05) is 96.9 Å². The fraction of sp³-hybridized carbons (Fsp3) is 0.707. The summed E-state index contributed by atoms with van der Waals surface area (Å²) < 4.78 is 39.9. The van der Waals surface area contributed by atoms with Crippen LogP contribution in [0.1, 0.15) is 122 Å². The van der Waals surface area contributed by atoms with Crippen LogP contribution >= 0.6 is 11.8 Å². The first-order valence-corrected chi connectivity index (χ1v) is 20.1. The van der Waals surface area contributed by atoms with Gasteiger partial charge in [-0.25, -0.2) is 0 Å². The second-order valence-electron chi connectivity index (χ2n) is 9.07. The van der Waals surface area contributed by atoms with Crippen LogP contribution in [-0.4, -0.2) is 86.8 Å². The third kappa shape index (κ3) is 48.6. The van der Waals surface area contributed by atoms with Crippen molar-refractivity contribution in [2.24, 2.45) is 0 Å². The van der Waals surface area contributed by atoms with Crippen LogP contribution in [0.5, 0.6) is 0 Å². The minimum absolute atomic E-state index is 0.0993. The Morgan fingerprint density at radius 1 is 0.551 bits per heavy atom. The normalized spacial score (nSPS) is 13.4. The highest BCUT2D eigenvalue weighted by Gasteiger charge is 2.28. The van der Waals surface area contributed by atoms with Gasteiger partial charge in [0.1, 0.15) is 0 Å². The molecule has 2 fully saturated rings. The molecule has 0 radical (unpaired) electrons. The zero-order valence-electron chi connectivity index (χ0n) is 35.1. The average Bonchev–Trinajstić information content (AvgIpc) is 3.16. The number of piperazine rings is 1. The summed E-state index contributed by atoms with van der Waals surface area (Å²) in [4.78, 5) is 7.50.